The van der Waals surface area contributed by atoms with Crippen molar-refractivity contribution in [2.45, 2.75) is 18.4 Å². The van der Waals surface area contributed by atoms with E-state index in [0.29, 0.717) is 33.6 Å². The zero-order chi connectivity index (χ0) is 14.9. The van der Waals surface area contributed by atoms with Gasteiger partial charge in [0.2, 0.25) is 0 Å². The number of hydrogen-bond donors (Lipinski definition) is 3. The van der Waals surface area contributed by atoms with E-state index in [1.807, 2.05) is 4.90 Å². The summed E-state index contributed by atoms with van der Waals surface area (Å²) in [5, 5.41) is 29.1. The zero-order valence-electron chi connectivity index (χ0n) is 10.6. The lowest BCUT2D eigenvalue weighted by molar-refractivity contribution is 0.0780. The molecule has 1 aromatic carbocycles. The Labute approximate surface area is 132 Å². The van der Waals surface area contributed by atoms with E-state index < -0.39 is 6.10 Å². The Balaban J connectivity index is 2.20. The summed E-state index contributed by atoms with van der Waals surface area (Å²) in [6, 6.07) is 3.06. The quantitative estimate of drug-likeness (QED) is 0.736. The van der Waals surface area contributed by atoms with Gasteiger partial charge in [-0.1, -0.05) is 35.4 Å². The van der Waals surface area contributed by atoms with Crippen LogP contribution in [0.2, 0.25) is 10.0 Å². The molecular weight excluding hydrogens is 321 g/mol. The average Bonchev–Trinajstić information content (AvgIpc) is 2.75. The predicted molar refractivity (Wildman–Crippen MR) is 82.7 cm³/mol. The summed E-state index contributed by atoms with van der Waals surface area (Å²) < 4.78 is 0. The van der Waals surface area contributed by atoms with Gasteiger partial charge in [0.15, 0.2) is 0 Å². The van der Waals surface area contributed by atoms with Crippen LogP contribution < -0.4 is 0 Å². The summed E-state index contributed by atoms with van der Waals surface area (Å²) in [5.74, 6) is 0.0244. The first kappa shape index (κ1) is 15.8. The fraction of sp³-hybridized carbons (Fsp3) is 0.462. The maximum absolute atomic E-state index is 9.98. The molecule has 1 aromatic rings. The Morgan fingerprint density at radius 2 is 2.10 bits per heavy atom. The van der Waals surface area contributed by atoms with Gasteiger partial charge in [-0.2, -0.15) is 0 Å². The minimum Gasteiger partial charge on any atom is -0.508 e. The van der Waals surface area contributed by atoms with Crippen LogP contribution in [0.15, 0.2) is 12.1 Å². The van der Waals surface area contributed by atoms with E-state index in [4.69, 9.17) is 40.5 Å². The van der Waals surface area contributed by atoms with E-state index in [0.717, 1.165) is 0 Å². The van der Waals surface area contributed by atoms with Gasteiger partial charge in [-0.15, -0.1) is 0 Å². The topological polar surface area (TPSA) is 63.9 Å². The monoisotopic (exact) mass is 335 g/mol. The molecule has 1 aliphatic heterocycles. The maximum Gasteiger partial charge on any atom is 0.120 e. The third kappa shape index (κ3) is 3.18. The summed E-state index contributed by atoms with van der Waals surface area (Å²) in [5.41, 5.74) is 0.586. The van der Waals surface area contributed by atoms with Gasteiger partial charge in [0.05, 0.1) is 27.7 Å². The minimum absolute atomic E-state index is 0.0698. The van der Waals surface area contributed by atoms with Gasteiger partial charge in [-0.25, -0.2) is 0 Å². The van der Waals surface area contributed by atoms with E-state index in [-0.39, 0.29) is 24.8 Å². The van der Waals surface area contributed by atoms with Crippen LogP contribution in [-0.2, 0) is 0 Å². The number of benzene rings is 1. The molecule has 2 atom stereocenters. The van der Waals surface area contributed by atoms with E-state index in [2.05, 4.69) is 0 Å². The fourth-order valence-corrected chi connectivity index (χ4v) is 3.23. The molecular formula is C13H15Cl2NO3S. The van der Waals surface area contributed by atoms with Gasteiger partial charge in [0.1, 0.15) is 5.75 Å². The van der Waals surface area contributed by atoms with Crippen LogP contribution in [0.25, 0.3) is 0 Å². The van der Waals surface area contributed by atoms with Crippen molar-refractivity contribution in [3.05, 3.63) is 27.7 Å². The number of aliphatic hydroxyl groups is 2. The largest absolute Gasteiger partial charge is 0.508 e. The molecule has 0 radical (unpaired) electrons. The van der Waals surface area contributed by atoms with Crippen LogP contribution in [0, 0.1) is 0 Å². The number of nitrogens with zero attached hydrogens (tertiary/aromatic N) is 1. The molecule has 1 saturated heterocycles. The van der Waals surface area contributed by atoms with Gasteiger partial charge in [-0.3, -0.25) is 0 Å². The molecule has 110 valence electrons. The smallest absolute Gasteiger partial charge is 0.120 e. The highest BCUT2D eigenvalue weighted by atomic mass is 35.5. The number of rotatable bonds is 4. The number of likely N-dealkylation sites (tertiary alicyclic amines) is 1. The average molecular weight is 336 g/mol. The van der Waals surface area contributed by atoms with Crippen molar-refractivity contribution in [1.29, 1.82) is 0 Å². The molecule has 2 rings (SSSR count). The van der Waals surface area contributed by atoms with Crippen LogP contribution in [-0.4, -0.2) is 51.0 Å². The van der Waals surface area contributed by atoms with Crippen molar-refractivity contribution in [3.63, 3.8) is 0 Å². The van der Waals surface area contributed by atoms with E-state index >= 15 is 0 Å². The van der Waals surface area contributed by atoms with Crippen LogP contribution in [0.3, 0.4) is 0 Å². The first-order valence-electron chi connectivity index (χ1n) is 6.17. The molecule has 0 bridgehead atoms. The van der Waals surface area contributed by atoms with Crippen molar-refractivity contribution < 1.29 is 15.3 Å². The molecule has 0 aliphatic carbocycles. The molecule has 3 N–H and O–H groups in total. The number of aliphatic hydroxyl groups excluding tert-OH is 2. The van der Waals surface area contributed by atoms with Gasteiger partial charge in [0, 0.05) is 31.0 Å². The minimum atomic E-state index is -0.838. The van der Waals surface area contributed by atoms with E-state index in [1.165, 1.54) is 6.07 Å². The number of hydrogen-bond acceptors (Lipinski definition) is 4. The summed E-state index contributed by atoms with van der Waals surface area (Å²) in [6.07, 6.45) is -0.281. The number of β-amino-alcohol motifs (C(OH)–C–C–N with tert-alkyl or cyclic N) is 1. The Morgan fingerprint density at radius 3 is 2.75 bits per heavy atom. The normalized spacial score (nSPS) is 20.5. The lowest BCUT2D eigenvalue weighted by atomic mass is 9.97. The number of phenolic OH excluding ortho intramolecular Hbond substituents is 1. The van der Waals surface area contributed by atoms with Crippen LogP contribution in [0.4, 0.5) is 0 Å². The van der Waals surface area contributed by atoms with Crippen LogP contribution >= 0.6 is 35.4 Å². The maximum atomic E-state index is 9.98. The van der Waals surface area contributed by atoms with Crippen molar-refractivity contribution >= 4 is 40.4 Å². The van der Waals surface area contributed by atoms with E-state index in [9.17, 15) is 10.2 Å². The highest BCUT2D eigenvalue weighted by Crippen LogP contribution is 2.41. The summed E-state index contributed by atoms with van der Waals surface area (Å²) in [4.78, 5) is 2.50. The highest BCUT2D eigenvalue weighted by molar-refractivity contribution is 7.80. The van der Waals surface area contributed by atoms with Gasteiger partial charge in [-0.05, 0) is 12.1 Å². The van der Waals surface area contributed by atoms with Crippen molar-refractivity contribution in [3.8, 4) is 5.75 Å². The Bertz CT molecular complexity index is 527. The van der Waals surface area contributed by atoms with Gasteiger partial charge in [0.25, 0.3) is 0 Å². The first-order chi connectivity index (χ1) is 9.43. The molecule has 7 heteroatoms. The fourth-order valence-electron chi connectivity index (χ4n) is 2.40. The molecule has 1 unspecified atom stereocenters. The third-order valence-electron chi connectivity index (χ3n) is 3.37. The number of aromatic hydroxyl groups is 1. The molecule has 0 saturated carbocycles. The van der Waals surface area contributed by atoms with Crippen LogP contribution in [0.5, 0.6) is 5.75 Å². The second kappa shape index (κ2) is 6.45. The molecule has 0 aromatic heterocycles. The van der Waals surface area contributed by atoms with Crippen molar-refractivity contribution in [2.75, 3.05) is 19.7 Å². The van der Waals surface area contributed by atoms with Crippen LogP contribution in [0.1, 0.15) is 17.9 Å². The zero-order valence-corrected chi connectivity index (χ0v) is 12.9. The Morgan fingerprint density at radius 1 is 1.40 bits per heavy atom. The SMILES string of the molecule is OC[C@@H](O)CN1CC(c2c(O)ccc(Cl)c2Cl)CC1=S. The molecule has 1 aliphatic rings. The lowest BCUT2D eigenvalue weighted by Crippen LogP contribution is -2.34. The number of thiocarbonyl (C=S) groups is 1. The number of halogens is 2. The van der Waals surface area contributed by atoms with Crippen molar-refractivity contribution in [1.82, 2.24) is 4.90 Å². The second-order valence-corrected chi connectivity index (χ2v) is 6.09. The Kier molecular flexibility index (Phi) is 5.09. The first-order valence-corrected chi connectivity index (χ1v) is 7.34. The Hall–Kier alpha value is -0.590. The molecule has 1 heterocycles. The third-order valence-corrected chi connectivity index (χ3v) is 4.62. The standard InChI is InChI=1S/C13H15Cl2NO3S/c14-9-1-2-10(19)12(13(9)15)7-3-11(20)16(4-7)5-8(18)6-17/h1-2,7-8,17-19H,3-6H2/t7?,8-/m0/s1. The predicted octanol–water partition coefficient (Wildman–Crippen LogP) is 2.17. The van der Waals surface area contributed by atoms with Crippen molar-refractivity contribution in [2.24, 2.45) is 0 Å². The number of phenols is 1. The highest BCUT2D eigenvalue weighted by Gasteiger charge is 2.32. The summed E-state index contributed by atoms with van der Waals surface area (Å²) in [7, 11) is 0. The molecule has 4 nitrogen and oxygen atoms in total. The summed E-state index contributed by atoms with van der Waals surface area (Å²) in [6.45, 7) is 0.487. The van der Waals surface area contributed by atoms with Gasteiger partial charge < -0.3 is 20.2 Å². The molecule has 20 heavy (non-hydrogen) atoms. The lowest BCUT2D eigenvalue weighted by Gasteiger charge is -2.21. The van der Waals surface area contributed by atoms with Gasteiger partial charge >= 0.3 is 0 Å². The molecule has 0 spiro atoms. The molecule has 0 amide bonds. The summed E-state index contributed by atoms with van der Waals surface area (Å²) >= 11 is 17.4. The second-order valence-electron chi connectivity index (χ2n) is 4.83. The van der Waals surface area contributed by atoms with E-state index in [1.54, 1.807) is 6.07 Å². The molecule has 1 fully saturated rings.